The van der Waals surface area contributed by atoms with Crippen molar-refractivity contribution in [2.75, 3.05) is 18.5 Å². The summed E-state index contributed by atoms with van der Waals surface area (Å²) in [6.45, 7) is 2.40. The molecule has 5 rings (SSSR count). The first-order valence-electron chi connectivity index (χ1n) is 12.1. The summed E-state index contributed by atoms with van der Waals surface area (Å²) in [4.78, 5) is 25.0. The third-order valence-electron chi connectivity index (χ3n) is 6.02. The van der Waals surface area contributed by atoms with Crippen LogP contribution in [-0.2, 0) is 9.53 Å². The molecule has 1 N–H and O–H groups in total. The monoisotopic (exact) mass is 553 g/mol. The molecule has 4 aromatic rings. The van der Waals surface area contributed by atoms with Gasteiger partial charge in [0.05, 0.1) is 29.8 Å². The number of rotatable bonds is 7. The minimum absolute atomic E-state index is 0.229. The van der Waals surface area contributed by atoms with E-state index in [1.165, 1.54) is 23.0 Å². The molecule has 200 valence electrons. The zero-order valence-electron chi connectivity index (χ0n) is 20.6. The molecular formula is C28H22ClF2N3O5. The molecule has 2 heterocycles. The van der Waals surface area contributed by atoms with Crippen LogP contribution in [0.5, 0.6) is 17.2 Å². The number of hydrogen-bond donors (Lipinski definition) is 1. The van der Waals surface area contributed by atoms with Gasteiger partial charge >= 0.3 is 5.97 Å². The number of nitrogens with one attached hydrogen (secondary N) is 1. The average molecular weight is 554 g/mol. The fraction of sp³-hybridized carbons (Fsp3) is 0.179. The van der Waals surface area contributed by atoms with Gasteiger partial charge in [-0.05, 0) is 55.8 Å². The molecule has 1 aromatic heterocycles. The van der Waals surface area contributed by atoms with Crippen molar-refractivity contribution in [1.29, 1.82) is 0 Å². The highest BCUT2D eigenvalue weighted by molar-refractivity contribution is 6.32. The smallest absolute Gasteiger partial charge is 0.313 e. The van der Waals surface area contributed by atoms with E-state index in [9.17, 15) is 18.4 Å². The fourth-order valence-corrected chi connectivity index (χ4v) is 4.32. The number of carbonyl (C=O) groups is 2. The summed E-state index contributed by atoms with van der Waals surface area (Å²) in [5, 5.41) is 7.13. The lowest BCUT2D eigenvalue weighted by molar-refractivity contribution is -0.145. The van der Waals surface area contributed by atoms with Gasteiger partial charge in [-0.2, -0.15) is 5.10 Å². The first-order valence-corrected chi connectivity index (χ1v) is 12.4. The van der Waals surface area contributed by atoms with E-state index in [2.05, 4.69) is 10.4 Å². The number of nitrogens with zero attached hydrogens (tertiary/aromatic N) is 2. The minimum Gasteiger partial charge on any atom is -0.493 e. The highest BCUT2D eigenvalue weighted by Gasteiger charge is 2.30. The maximum absolute atomic E-state index is 13.5. The minimum atomic E-state index is -0.999. The summed E-state index contributed by atoms with van der Waals surface area (Å²) >= 11 is 6.45. The average Bonchev–Trinajstić information content (AvgIpc) is 3.39. The van der Waals surface area contributed by atoms with Gasteiger partial charge in [0.25, 0.3) is 5.91 Å². The Balaban J connectivity index is 1.25. The molecule has 1 amide bonds. The third kappa shape index (κ3) is 5.70. The summed E-state index contributed by atoms with van der Waals surface area (Å²) in [7, 11) is 0. The Hall–Kier alpha value is -4.44. The van der Waals surface area contributed by atoms with Crippen molar-refractivity contribution in [3.8, 4) is 22.9 Å². The van der Waals surface area contributed by atoms with E-state index in [0.717, 1.165) is 12.1 Å². The first kappa shape index (κ1) is 26.2. The van der Waals surface area contributed by atoms with Crippen LogP contribution < -0.4 is 14.8 Å². The molecule has 1 atom stereocenters. The molecule has 0 saturated carbocycles. The van der Waals surface area contributed by atoms with Crippen LogP contribution in [0.2, 0.25) is 5.02 Å². The largest absolute Gasteiger partial charge is 0.493 e. The molecule has 0 spiro atoms. The van der Waals surface area contributed by atoms with Crippen LogP contribution in [0.4, 0.5) is 14.6 Å². The van der Waals surface area contributed by atoms with Gasteiger partial charge in [-0.25, -0.2) is 13.5 Å². The number of aromatic nitrogens is 2. The standard InChI is InChI=1S/C28H22ClF2N3O5/c1-2-37-28(36)19-10-12-38-24-15-25(21(29)14-20(19)24)39-18-6-3-16(4-7-18)27(35)32-26-9-11-34(33-26)17-5-8-22(30)23(31)13-17/h3-9,11,13-15,19H,2,10,12H2,1H3,(H,32,33,35). The quantitative estimate of drug-likeness (QED) is 0.271. The summed E-state index contributed by atoms with van der Waals surface area (Å²) in [5.74, 6) is -1.68. The van der Waals surface area contributed by atoms with Crippen LogP contribution in [0.1, 0.15) is 35.2 Å². The Morgan fingerprint density at radius 3 is 2.64 bits per heavy atom. The second-order valence-corrected chi connectivity index (χ2v) is 8.99. The highest BCUT2D eigenvalue weighted by atomic mass is 35.5. The van der Waals surface area contributed by atoms with Gasteiger partial charge in [0.2, 0.25) is 0 Å². The number of benzene rings is 3. The van der Waals surface area contributed by atoms with Crippen LogP contribution in [0.3, 0.4) is 0 Å². The SMILES string of the molecule is CCOC(=O)C1CCOc2cc(Oc3ccc(C(=O)Nc4ccn(-c5ccc(F)c(F)c5)n4)cc3)c(Cl)cc21. The van der Waals surface area contributed by atoms with Gasteiger partial charge in [0.15, 0.2) is 17.5 Å². The molecule has 0 radical (unpaired) electrons. The molecule has 1 aliphatic rings. The van der Waals surface area contributed by atoms with Crippen LogP contribution in [0.15, 0.2) is 66.9 Å². The number of halogens is 3. The highest BCUT2D eigenvalue weighted by Crippen LogP contribution is 2.42. The summed E-state index contributed by atoms with van der Waals surface area (Å²) in [6, 6.07) is 14.5. The van der Waals surface area contributed by atoms with Crippen LogP contribution in [0, 0.1) is 11.6 Å². The zero-order chi connectivity index (χ0) is 27.5. The van der Waals surface area contributed by atoms with Gasteiger partial charge < -0.3 is 19.5 Å². The number of carbonyl (C=O) groups excluding carboxylic acids is 2. The Labute approximate surface area is 227 Å². The van der Waals surface area contributed by atoms with Crippen molar-refractivity contribution in [3.05, 3.63) is 94.6 Å². The number of fused-ring (bicyclic) bond motifs is 1. The Morgan fingerprint density at radius 1 is 1.10 bits per heavy atom. The Morgan fingerprint density at radius 2 is 1.90 bits per heavy atom. The lowest BCUT2D eigenvalue weighted by Crippen LogP contribution is -2.23. The van der Waals surface area contributed by atoms with E-state index in [4.69, 9.17) is 25.8 Å². The third-order valence-corrected chi connectivity index (χ3v) is 6.31. The van der Waals surface area contributed by atoms with Gasteiger partial charge in [-0.1, -0.05) is 11.6 Å². The molecule has 3 aromatic carbocycles. The van der Waals surface area contributed by atoms with Gasteiger partial charge in [0, 0.05) is 35.5 Å². The van der Waals surface area contributed by atoms with Crippen molar-refractivity contribution >= 4 is 29.3 Å². The maximum atomic E-state index is 13.5. The van der Waals surface area contributed by atoms with Crippen molar-refractivity contribution in [2.24, 2.45) is 0 Å². The van der Waals surface area contributed by atoms with Crippen molar-refractivity contribution in [2.45, 2.75) is 19.3 Å². The predicted molar refractivity (Wildman–Crippen MR) is 139 cm³/mol. The molecule has 0 bridgehead atoms. The van der Waals surface area contributed by atoms with Gasteiger partial charge in [0.1, 0.15) is 17.2 Å². The molecule has 0 aliphatic carbocycles. The van der Waals surface area contributed by atoms with Crippen molar-refractivity contribution < 1.29 is 32.6 Å². The normalized spacial score (nSPS) is 14.2. The molecule has 11 heteroatoms. The molecule has 1 unspecified atom stereocenters. The summed E-state index contributed by atoms with van der Waals surface area (Å²) in [6.07, 6.45) is 2.01. The number of esters is 1. The Bertz CT molecular complexity index is 1540. The summed E-state index contributed by atoms with van der Waals surface area (Å²) in [5.41, 5.74) is 1.29. The van der Waals surface area contributed by atoms with Crippen molar-refractivity contribution in [3.63, 3.8) is 0 Å². The number of hydrogen-bond acceptors (Lipinski definition) is 6. The lowest BCUT2D eigenvalue weighted by Gasteiger charge is -2.25. The second-order valence-electron chi connectivity index (χ2n) is 8.59. The predicted octanol–water partition coefficient (Wildman–Crippen LogP) is 6.28. The number of anilines is 1. The van der Waals surface area contributed by atoms with Crippen LogP contribution >= 0.6 is 11.6 Å². The number of amides is 1. The molecule has 0 fully saturated rings. The van der Waals surface area contributed by atoms with E-state index in [1.54, 1.807) is 43.3 Å². The van der Waals surface area contributed by atoms with E-state index < -0.39 is 23.5 Å². The first-order chi connectivity index (χ1) is 18.8. The van der Waals surface area contributed by atoms with Crippen LogP contribution in [-0.4, -0.2) is 34.9 Å². The zero-order valence-corrected chi connectivity index (χ0v) is 21.4. The van der Waals surface area contributed by atoms with E-state index in [0.29, 0.717) is 52.1 Å². The van der Waals surface area contributed by atoms with Crippen molar-refractivity contribution in [1.82, 2.24) is 9.78 Å². The summed E-state index contributed by atoms with van der Waals surface area (Å²) < 4.78 is 44.8. The maximum Gasteiger partial charge on any atom is 0.313 e. The second kappa shape index (κ2) is 11.1. The molecule has 1 aliphatic heterocycles. The lowest BCUT2D eigenvalue weighted by atomic mass is 9.93. The molecule has 8 nitrogen and oxygen atoms in total. The van der Waals surface area contributed by atoms with Gasteiger partial charge in [-0.3, -0.25) is 9.59 Å². The van der Waals surface area contributed by atoms with Gasteiger partial charge in [-0.15, -0.1) is 0 Å². The van der Waals surface area contributed by atoms with E-state index in [-0.39, 0.29) is 18.4 Å². The fourth-order valence-electron chi connectivity index (χ4n) is 4.11. The molecular weight excluding hydrogens is 532 g/mol. The van der Waals surface area contributed by atoms with E-state index in [1.807, 2.05) is 0 Å². The molecule has 39 heavy (non-hydrogen) atoms. The number of ether oxygens (including phenoxy) is 3. The Kier molecular flexibility index (Phi) is 7.47. The topological polar surface area (TPSA) is 91.7 Å². The van der Waals surface area contributed by atoms with Crippen LogP contribution in [0.25, 0.3) is 5.69 Å². The molecule has 0 saturated heterocycles. The van der Waals surface area contributed by atoms with E-state index >= 15 is 0 Å².